The van der Waals surface area contributed by atoms with E-state index in [1.165, 1.54) is 22.8 Å². The lowest BCUT2D eigenvalue weighted by molar-refractivity contribution is -0.119. The van der Waals surface area contributed by atoms with Gasteiger partial charge in [-0.25, -0.2) is 4.79 Å². The van der Waals surface area contributed by atoms with E-state index in [0.29, 0.717) is 57.8 Å². The molecule has 0 spiro atoms. The molecule has 34 heavy (non-hydrogen) atoms. The van der Waals surface area contributed by atoms with Crippen LogP contribution in [-0.4, -0.2) is 27.2 Å². The van der Waals surface area contributed by atoms with E-state index in [1.54, 1.807) is 30.3 Å². The summed E-state index contributed by atoms with van der Waals surface area (Å²) in [6.07, 6.45) is 1.33. The molecular weight excluding hydrogens is 456 g/mol. The molecule has 3 aromatic rings. The van der Waals surface area contributed by atoms with E-state index in [0.717, 1.165) is 0 Å². The molecule has 0 unspecified atom stereocenters. The summed E-state index contributed by atoms with van der Waals surface area (Å²) in [4.78, 5) is 49.8. The molecule has 1 aromatic heterocycles. The van der Waals surface area contributed by atoms with Gasteiger partial charge in [0.2, 0.25) is 0 Å². The van der Waals surface area contributed by atoms with Crippen LogP contribution in [0.15, 0.2) is 53.3 Å². The van der Waals surface area contributed by atoms with Crippen molar-refractivity contribution in [2.24, 2.45) is 0 Å². The number of hydrogen-bond acceptors (Lipinski definition) is 5. The highest BCUT2D eigenvalue weighted by atomic mass is 35.5. The molecule has 0 amide bonds. The SMILES string of the molecule is N#Cc1ccc(Cl)cc1-c1cc(=O)n(CC(=O)Cc2ccc(C(=O)O)cc2)c2c1C(=O)CCC2. The van der Waals surface area contributed by atoms with Crippen molar-refractivity contribution in [2.45, 2.75) is 32.2 Å². The van der Waals surface area contributed by atoms with Crippen molar-refractivity contribution in [3.8, 4) is 17.2 Å². The molecule has 1 heterocycles. The van der Waals surface area contributed by atoms with Gasteiger partial charge in [0.1, 0.15) is 0 Å². The number of carbonyl (C=O) groups is 3. The van der Waals surface area contributed by atoms with Crippen LogP contribution in [0.3, 0.4) is 0 Å². The lowest BCUT2D eigenvalue weighted by atomic mass is 9.86. The molecule has 0 radical (unpaired) electrons. The zero-order valence-corrected chi connectivity index (χ0v) is 18.8. The number of aromatic nitrogens is 1. The fourth-order valence-corrected chi connectivity index (χ4v) is 4.43. The van der Waals surface area contributed by atoms with Crippen molar-refractivity contribution in [3.05, 3.63) is 91.9 Å². The molecule has 0 aliphatic heterocycles. The van der Waals surface area contributed by atoms with Gasteiger partial charge in [0, 0.05) is 46.3 Å². The second-order valence-corrected chi connectivity index (χ2v) is 8.54. The van der Waals surface area contributed by atoms with Crippen molar-refractivity contribution in [2.75, 3.05) is 0 Å². The van der Waals surface area contributed by atoms with Gasteiger partial charge in [-0.2, -0.15) is 5.26 Å². The summed E-state index contributed by atoms with van der Waals surface area (Å²) in [6, 6.07) is 14.0. The van der Waals surface area contributed by atoms with Crippen molar-refractivity contribution in [1.29, 1.82) is 5.26 Å². The van der Waals surface area contributed by atoms with Gasteiger partial charge in [-0.05, 0) is 48.7 Å². The molecule has 0 saturated carbocycles. The number of hydrogen-bond donors (Lipinski definition) is 1. The highest BCUT2D eigenvalue weighted by molar-refractivity contribution is 6.31. The minimum atomic E-state index is -1.06. The number of carboxylic acids is 1. The van der Waals surface area contributed by atoms with Gasteiger partial charge < -0.3 is 9.67 Å². The van der Waals surface area contributed by atoms with Gasteiger partial charge in [-0.1, -0.05) is 23.7 Å². The van der Waals surface area contributed by atoms with Crippen LogP contribution in [0, 0.1) is 11.3 Å². The first-order valence-corrected chi connectivity index (χ1v) is 11.0. The Bertz CT molecular complexity index is 1430. The van der Waals surface area contributed by atoms with Crippen LogP contribution >= 0.6 is 11.6 Å². The Labute approximate surface area is 199 Å². The standard InChI is InChI=1S/C26H19ClN2O5/c27-18-9-8-17(13-28)20(11-18)21-12-24(32)29(22-2-1-3-23(31)25(21)22)14-19(30)10-15-4-6-16(7-5-15)26(33)34/h4-9,11-12H,1-3,10,14H2,(H,33,34). The van der Waals surface area contributed by atoms with Crippen LogP contribution in [0.2, 0.25) is 5.02 Å². The van der Waals surface area contributed by atoms with Gasteiger partial charge in [-0.15, -0.1) is 0 Å². The number of fused-ring (bicyclic) bond motifs is 1. The maximum atomic E-state index is 13.1. The fraction of sp³-hybridized carbons (Fsp3) is 0.192. The summed E-state index contributed by atoms with van der Waals surface area (Å²) in [5.74, 6) is -1.45. The second kappa shape index (κ2) is 9.46. The molecule has 0 fully saturated rings. The van der Waals surface area contributed by atoms with E-state index in [2.05, 4.69) is 6.07 Å². The maximum Gasteiger partial charge on any atom is 0.335 e. The molecule has 1 aliphatic rings. The molecule has 8 heteroatoms. The topological polar surface area (TPSA) is 117 Å². The van der Waals surface area contributed by atoms with Gasteiger partial charge in [0.15, 0.2) is 11.6 Å². The predicted molar refractivity (Wildman–Crippen MR) is 125 cm³/mol. The molecule has 2 aromatic carbocycles. The van der Waals surface area contributed by atoms with Gasteiger partial charge in [0.05, 0.1) is 23.7 Å². The van der Waals surface area contributed by atoms with E-state index in [-0.39, 0.29) is 30.1 Å². The highest BCUT2D eigenvalue weighted by Gasteiger charge is 2.27. The first-order valence-electron chi connectivity index (χ1n) is 10.6. The van der Waals surface area contributed by atoms with E-state index < -0.39 is 11.5 Å². The van der Waals surface area contributed by atoms with Crippen LogP contribution < -0.4 is 5.56 Å². The van der Waals surface area contributed by atoms with E-state index in [4.69, 9.17) is 16.7 Å². The molecule has 0 bridgehead atoms. The second-order valence-electron chi connectivity index (χ2n) is 8.10. The first kappa shape index (κ1) is 23.1. The summed E-state index contributed by atoms with van der Waals surface area (Å²) in [5, 5.41) is 18.9. The summed E-state index contributed by atoms with van der Waals surface area (Å²) in [5.41, 5.74) is 2.20. The molecule has 7 nitrogen and oxygen atoms in total. The molecule has 1 aliphatic carbocycles. The Morgan fingerprint density at radius 3 is 2.44 bits per heavy atom. The predicted octanol–water partition coefficient (Wildman–Crippen LogP) is 4.07. The Morgan fingerprint density at radius 2 is 1.76 bits per heavy atom. The Morgan fingerprint density at radius 1 is 1.03 bits per heavy atom. The zero-order valence-electron chi connectivity index (χ0n) is 18.0. The molecule has 170 valence electrons. The smallest absolute Gasteiger partial charge is 0.335 e. The first-order chi connectivity index (χ1) is 16.3. The quantitative estimate of drug-likeness (QED) is 0.575. The van der Waals surface area contributed by atoms with Crippen LogP contribution in [-0.2, 0) is 24.2 Å². The number of pyridine rings is 1. The van der Waals surface area contributed by atoms with Crippen molar-refractivity contribution < 1.29 is 19.5 Å². The van der Waals surface area contributed by atoms with Crippen LogP contribution in [0.25, 0.3) is 11.1 Å². The third kappa shape index (κ3) is 4.54. The normalized spacial score (nSPS) is 12.6. The minimum absolute atomic E-state index is 0.0175. The number of benzene rings is 2. The average molecular weight is 475 g/mol. The molecule has 0 atom stereocenters. The summed E-state index contributed by atoms with van der Waals surface area (Å²) in [6.45, 7) is -0.212. The van der Waals surface area contributed by atoms with Gasteiger partial charge in [0.25, 0.3) is 5.56 Å². The lowest BCUT2D eigenvalue weighted by Gasteiger charge is -2.23. The molecule has 0 saturated heterocycles. The van der Waals surface area contributed by atoms with Crippen LogP contribution in [0.5, 0.6) is 0 Å². The monoisotopic (exact) mass is 474 g/mol. The average Bonchev–Trinajstić information content (AvgIpc) is 2.81. The zero-order chi connectivity index (χ0) is 24.4. The number of nitrogens with zero attached hydrogens (tertiary/aromatic N) is 2. The number of rotatable bonds is 6. The third-order valence-corrected chi connectivity index (χ3v) is 6.08. The maximum absolute atomic E-state index is 13.1. The van der Waals surface area contributed by atoms with Crippen molar-refractivity contribution in [1.82, 2.24) is 4.57 Å². The lowest BCUT2D eigenvalue weighted by Crippen LogP contribution is -2.32. The Hall–Kier alpha value is -4.02. The largest absolute Gasteiger partial charge is 0.478 e. The minimum Gasteiger partial charge on any atom is -0.478 e. The number of carboxylic acid groups (broad SMARTS) is 1. The van der Waals surface area contributed by atoms with Crippen molar-refractivity contribution in [3.63, 3.8) is 0 Å². The number of carbonyl (C=O) groups excluding carboxylic acids is 2. The van der Waals surface area contributed by atoms with Crippen molar-refractivity contribution >= 4 is 29.1 Å². The van der Waals surface area contributed by atoms with Gasteiger partial charge in [-0.3, -0.25) is 14.4 Å². The Balaban J connectivity index is 1.73. The molecule has 1 N–H and O–H groups in total. The van der Waals surface area contributed by atoms with E-state index >= 15 is 0 Å². The number of halogens is 1. The van der Waals surface area contributed by atoms with Crippen LogP contribution in [0.4, 0.5) is 0 Å². The number of aromatic carboxylic acids is 1. The Kier molecular flexibility index (Phi) is 6.44. The third-order valence-electron chi connectivity index (χ3n) is 5.84. The number of nitriles is 1. The van der Waals surface area contributed by atoms with E-state index in [9.17, 15) is 24.4 Å². The highest BCUT2D eigenvalue weighted by Crippen LogP contribution is 2.33. The fourth-order valence-electron chi connectivity index (χ4n) is 4.26. The summed E-state index contributed by atoms with van der Waals surface area (Å²) in [7, 11) is 0. The molecular formula is C26H19ClN2O5. The van der Waals surface area contributed by atoms with E-state index in [1.807, 2.05) is 0 Å². The van der Waals surface area contributed by atoms with Crippen LogP contribution in [0.1, 0.15) is 50.4 Å². The van der Waals surface area contributed by atoms with Gasteiger partial charge >= 0.3 is 5.97 Å². The number of Topliss-reactive ketones (excluding diaryl/α,β-unsaturated/α-hetero) is 2. The molecule has 4 rings (SSSR count). The summed E-state index contributed by atoms with van der Waals surface area (Å²) < 4.78 is 1.33. The summed E-state index contributed by atoms with van der Waals surface area (Å²) >= 11 is 6.13. The number of ketones is 2.